The third-order valence-electron chi connectivity index (χ3n) is 12.4. The molecule has 0 aromatic carbocycles. The van der Waals surface area contributed by atoms with E-state index in [1.807, 2.05) is 0 Å². The molecule has 5 aliphatic carbocycles. The maximum Gasteiger partial charge on any atom is 0.171 e. The van der Waals surface area contributed by atoms with Gasteiger partial charge >= 0.3 is 0 Å². The zero-order chi connectivity index (χ0) is 26.9. The first-order valence-electron chi connectivity index (χ1n) is 15.4. The highest BCUT2D eigenvalue weighted by Crippen LogP contribution is 2.68. The van der Waals surface area contributed by atoms with Gasteiger partial charge < -0.3 is 34.4 Å². The Morgan fingerprint density at radius 1 is 0.974 bits per heavy atom. The summed E-state index contributed by atoms with van der Waals surface area (Å²) in [6.45, 7) is 3.66. The standard InChI is InChI=1S/C31H51NO6/c1-28-17-23(20-5-7-21(8-6-20)32(2)3)27-22(24(28)11-14-31(28,35)26(33)18-36-4)9-12-29(34)19-30(13-10-25(27)29)37-15-16-38-30/h20-24,26,33-35H,5-19H2,1-4H3/t20?,21?,22?,23-,24?,26?,28+,29-,31+/m1/s1. The summed E-state index contributed by atoms with van der Waals surface area (Å²) in [5.74, 6) is 0.950. The SMILES string of the molecule is COCC(O)[C@@]1(O)CCC2C3CC[C@@]4(O)CC5(CCC4=C3[C@@H](C3CCC(N(C)C)CC3)C[C@@]21C)OCCO5. The van der Waals surface area contributed by atoms with E-state index in [0.29, 0.717) is 55.8 Å². The fourth-order valence-corrected chi connectivity index (χ4v) is 10.4. The van der Waals surface area contributed by atoms with Crippen molar-refractivity contribution < 1.29 is 29.5 Å². The van der Waals surface area contributed by atoms with Gasteiger partial charge in [-0.3, -0.25) is 0 Å². The zero-order valence-corrected chi connectivity index (χ0v) is 24.1. The second-order valence-electron chi connectivity index (χ2n) is 14.2. The molecule has 3 unspecified atom stereocenters. The lowest BCUT2D eigenvalue weighted by Crippen LogP contribution is -2.60. The number of ether oxygens (including phenoxy) is 3. The predicted octanol–water partition coefficient (Wildman–Crippen LogP) is 3.65. The Hall–Kier alpha value is -0.540. The third kappa shape index (κ3) is 4.09. The topological polar surface area (TPSA) is 91.6 Å². The highest BCUT2D eigenvalue weighted by Gasteiger charge is 2.67. The summed E-state index contributed by atoms with van der Waals surface area (Å²) in [6.07, 6.45) is 10.2. The summed E-state index contributed by atoms with van der Waals surface area (Å²) < 4.78 is 17.5. The van der Waals surface area contributed by atoms with Crippen molar-refractivity contribution in [1.29, 1.82) is 0 Å². The second kappa shape index (κ2) is 9.78. The third-order valence-corrected chi connectivity index (χ3v) is 12.4. The zero-order valence-electron chi connectivity index (χ0n) is 24.1. The Labute approximate surface area is 228 Å². The first-order valence-corrected chi connectivity index (χ1v) is 15.4. The summed E-state index contributed by atoms with van der Waals surface area (Å²) in [7, 11) is 5.99. The number of aliphatic hydroxyl groups excluding tert-OH is 1. The van der Waals surface area contributed by atoms with Gasteiger partial charge in [0.05, 0.1) is 31.0 Å². The first-order chi connectivity index (χ1) is 18.1. The highest BCUT2D eigenvalue weighted by atomic mass is 16.7. The minimum absolute atomic E-state index is 0.165. The Morgan fingerprint density at radius 3 is 2.34 bits per heavy atom. The molecule has 1 heterocycles. The van der Waals surface area contributed by atoms with Crippen molar-refractivity contribution in [2.45, 2.75) is 113 Å². The van der Waals surface area contributed by atoms with E-state index in [9.17, 15) is 15.3 Å². The van der Waals surface area contributed by atoms with E-state index in [2.05, 4.69) is 25.9 Å². The largest absolute Gasteiger partial charge is 0.388 e. The van der Waals surface area contributed by atoms with Gasteiger partial charge in [-0.2, -0.15) is 0 Å². The van der Waals surface area contributed by atoms with Crippen molar-refractivity contribution in [3.05, 3.63) is 11.1 Å². The van der Waals surface area contributed by atoms with E-state index >= 15 is 0 Å². The van der Waals surface area contributed by atoms with Gasteiger partial charge in [0, 0.05) is 31.4 Å². The number of methoxy groups -OCH3 is 1. The lowest BCUT2D eigenvalue weighted by Gasteiger charge is -2.59. The molecule has 1 spiro atoms. The summed E-state index contributed by atoms with van der Waals surface area (Å²) in [4.78, 5) is 2.37. The fraction of sp³-hybridized carbons (Fsp3) is 0.935. The fourth-order valence-electron chi connectivity index (χ4n) is 10.4. The molecule has 7 atom stereocenters. The molecule has 4 saturated carbocycles. The minimum atomic E-state index is -1.14. The van der Waals surface area contributed by atoms with Crippen molar-refractivity contribution in [2.24, 2.45) is 29.1 Å². The van der Waals surface area contributed by atoms with E-state index < -0.39 is 23.1 Å². The lowest BCUT2D eigenvalue weighted by atomic mass is 9.48. The molecular weight excluding hydrogens is 482 g/mol. The molecule has 1 saturated heterocycles. The van der Waals surface area contributed by atoms with E-state index in [1.54, 1.807) is 7.11 Å². The van der Waals surface area contributed by atoms with Gasteiger partial charge in [0.1, 0.15) is 6.10 Å². The molecule has 38 heavy (non-hydrogen) atoms. The van der Waals surface area contributed by atoms with E-state index in [-0.39, 0.29) is 12.0 Å². The monoisotopic (exact) mass is 533 g/mol. The van der Waals surface area contributed by atoms with Crippen LogP contribution in [-0.2, 0) is 14.2 Å². The van der Waals surface area contributed by atoms with E-state index in [1.165, 1.54) is 36.8 Å². The van der Waals surface area contributed by atoms with Crippen LogP contribution in [0, 0.1) is 29.1 Å². The van der Waals surface area contributed by atoms with Crippen LogP contribution < -0.4 is 0 Å². The molecule has 0 aromatic rings. The van der Waals surface area contributed by atoms with Crippen LogP contribution in [0.2, 0.25) is 0 Å². The van der Waals surface area contributed by atoms with Crippen LogP contribution in [0.15, 0.2) is 11.1 Å². The molecule has 7 nitrogen and oxygen atoms in total. The first kappa shape index (κ1) is 27.6. The molecule has 0 bridgehead atoms. The molecule has 1 aliphatic heterocycles. The minimum Gasteiger partial charge on any atom is -0.388 e. The van der Waals surface area contributed by atoms with Crippen LogP contribution in [0.3, 0.4) is 0 Å². The molecular formula is C31H51NO6. The number of fused-ring (bicyclic) bond motifs is 4. The predicted molar refractivity (Wildman–Crippen MR) is 144 cm³/mol. The molecule has 0 aromatic heterocycles. The van der Waals surface area contributed by atoms with E-state index in [0.717, 1.165) is 38.5 Å². The van der Waals surface area contributed by atoms with Crippen LogP contribution in [0.25, 0.3) is 0 Å². The average Bonchev–Trinajstić information content (AvgIpc) is 3.45. The van der Waals surface area contributed by atoms with Crippen LogP contribution in [-0.4, -0.2) is 90.4 Å². The second-order valence-corrected chi connectivity index (χ2v) is 14.2. The van der Waals surface area contributed by atoms with Gasteiger partial charge in [0.25, 0.3) is 0 Å². The molecule has 5 fully saturated rings. The summed E-state index contributed by atoms with van der Waals surface area (Å²) >= 11 is 0. The average molecular weight is 534 g/mol. The van der Waals surface area contributed by atoms with Crippen LogP contribution in [0.4, 0.5) is 0 Å². The van der Waals surface area contributed by atoms with Gasteiger partial charge in [0.2, 0.25) is 0 Å². The van der Waals surface area contributed by atoms with Crippen LogP contribution >= 0.6 is 0 Å². The normalized spacial score (nSPS) is 47.2. The van der Waals surface area contributed by atoms with Gasteiger partial charge in [-0.1, -0.05) is 12.5 Å². The Kier molecular flexibility index (Phi) is 7.11. The molecule has 3 N–H and O–H groups in total. The number of allylic oxidation sites excluding steroid dienone is 1. The Bertz CT molecular complexity index is 923. The van der Waals surface area contributed by atoms with Crippen molar-refractivity contribution in [3.8, 4) is 0 Å². The van der Waals surface area contributed by atoms with E-state index in [4.69, 9.17) is 14.2 Å². The van der Waals surface area contributed by atoms with Gasteiger partial charge in [0.15, 0.2) is 5.79 Å². The van der Waals surface area contributed by atoms with Gasteiger partial charge in [-0.25, -0.2) is 0 Å². The number of nitrogens with zero attached hydrogens (tertiary/aromatic N) is 1. The summed E-state index contributed by atoms with van der Waals surface area (Å²) in [5, 5.41) is 35.6. The van der Waals surface area contributed by atoms with Crippen molar-refractivity contribution in [1.82, 2.24) is 4.90 Å². The van der Waals surface area contributed by atoms with Crippen LogP contribution in [0.1, 0.15) is 84.0 Å². The maximum atomic E-state index is 12.2. The molecule has 7 heteroatoms. The molecule has 6 rings (SSSR count). The number of aliphatic hydroxyl groups is 3. The summed E-state index contributed by atoms with van der Waals surface area (Å²) in [5.41, 5.74) is 0.456. The van der Waals surface area contributed by atoms with Gasteiger partial charge in [-0.05, 0) is 108 Å². The number of hydrogen-bond donors (Lipinski definition) is 3. The quantitative estimate of drug-likeness (QED) is 0.465. The smallest absolute Gasteiger partial charge is 0.171 e. The Balaban J connectivity index is 1.39. The number of rotatable bonds is 5. The molecule has 0 radical (unpaired) electrons. The molecule has 0 amide bonds. The maximum absolute atomic E-state index is 12.2. The molecule has 216 valence electrons. The highest BCUT2D eigenvalue weighted by molar-refractivity contribution is 5.38. The van der Waals surface area contributed by atoms with Gasteiger partial charge in [-0.15, -0.1) is 0 Å². The van der Waals surface area contributed by atoms with Crippen molar-refractivity contribution in [3.63, 3.8) is 0 Å². The Morgan fingerprint density at radius 2 is 1.68 bits per heavy atom. The van der Waals surface area contributed by atoms with Crippen molar-refractivity contribution >= 4 is 0 Å². The lowest BCUT2D eigenvalue weighted by molar-refractivity contribution is -0.210. The van der Waals surface area contributed by atoms with Crippen molar-refractivity contribution in [2.75, 3.05) is 41.0 Å². The number of hydrogen-bond acceptors (Lipinski definition) is 7. The van der Waals surface area contributed by atoms with Crippen LogP contribution in [0.5, 0.6) is 0 Å². The summed E-state index contributed by atoms with van der Waals surface area (Å²) in [6, 6.07) is 0.632. The molecule has 6 aliphatic rings.